The normalized spacial score (nSPS) is 28.7. The summed E-state index contributed by atoms with van der Waals surface area (Å²) in [4.78, 5) is 0. The lowest BCUT2D eigenvalue weighted by Gasteiger charge is -2.10. The topological polar surface area (TPSA) is 0 Å². The van der Waals surface area contributed by atoms with E-state index in [2.05, 4.69) is 64.2 Å². The molecule has 0 heterocycles. The molecule has 14 heavy (non-hydrogen) atoms. The molecule has 0 saturated heterocycles. The molecule has 0 aromatic rings. The summed E-state index contributed by atoms with van der Waals surface area (Å²) in [7, 11) is 0. The SMILES string of the molecule is CC(C)C1=C/C=C\C=C(C(C)C)/C=C\1. The number of hydrogen-bond acceptors (Lipinski definition) is 0. The second kappa shape index (κ2) is 4.99. The lowest BCUT2D eigenvalue weighted by molar-refractivity contribution is 0.779. The van der Waals surface area contributed by atoms with Gasteiger partial charge in [-0.05, 0) is 23.0 Å². The van der Waals surface area contributed by atoms with Gasteiger partial charge in [-0.15, -0.1) is 0 Å². The molecule has 0 atom stereocenters. The van der Waals surface area contributed by atoms with Crippen molar-refractivity contribution in [3.8, 4) is 0 Å². The van der Waals surface area contributed by atoms with E-state index in [0.717, 1.165) is 0 Å². The third-order valence-corrected chi connectivity index (χ3v) is 2.49. The fourth-order valence-corrected chi connectivity index (χ4v) is 1.41. The molecule has 0 amide bonds. The minimum absolute atomic E-state index is 0.599. The van der Waals surface area contributed by atoms with Crippen molar-refractivity contribution in [2.24, 2.45) is 11.8 Å². The highest BCUT2D eigenvalue weighted by Crippen LogP contribution is 2.18. The standard InChI is InChI=1S/C14H20/c1-11(2)13-7-5-6-8-14(10-9-13)12(3)4/h5-12H,1-4H3/b6-5-,7-5?,8-6?,10-9-,13-7+,13-9?,14-8+,14-10?. The number of allylic oxidation sites excluding steroid dienone is 8. The van der Waals surface area contributed by atoms with E-state index in [0.29, 0.717) is 11.8 Å². The molecular weight excluding hydrogens is 168 g/mol. The van der Waals surface area contributed by atoms with Crippen LogP contribution in [0.4, 0.5) is 0 Å². The monoisotopic (exact) mass is 188 g/mol. The van der Waals surface area contributed by atoms with E-state index >= 15 is 0 Å². The van der Waals surface area contributed by atoms with Crippen LogP contribution in [0.15, 0.2) is 47.6 Å². The van der Waals surface area contributed by atoms with Crippen LogP contribution in [-0.4, -0.2) is 0 Å². The highest BCUT2D eigenvalue weighted by molar-refractivity contribution is 5.37. The van der Waals surface area contributed by atoms with Crippen LogP contribution in [0.25, 0.3) is 0 Å². The largest absolute Gasteiger partial charge is 0.0620 e. The Labute approximate surface area is 87.7 Å². The molecule has 0 unspecified atom stereocenters. The van der Waals surface area contributed by atoms with Crippen LogP contribution in [0.1, 0.15) is 27.7 Å². The highest BCUT2D eigenvalue weighted by atomic mass is 14.1. The second-order valence-electron chi connectivity index (χ2n) is 4.36. The Bertz CT molecular complexity index is 266. The molecule has 76 valence electrons. The molecule has 0 heteroatoms. The molecule has 0 spiro atoms. The molecule has 0 aromatic carbocycles. The van der Waals surface area contributed by atoms with Gasteiger partial charge in [0.15, 0.2) is 0 Å². The van der Waals surface area contributed by atoms with Crippen LogP contribution in [0, 0.1) is 11.8 Å². The Kier molecular flexibility index (Phi) is 3.94. The van der Waals surface area contributed by atoms with E-state index < -0.39 is 0 Å². The van der Waals surface area contributed by atoms with E-state index in [1.54, 1.807) is 0 Å². The Morgan fingerprint density at radius 3 is 1.36 bits per heavy atom. The van der Waals surface area contributed by atoms with Gasteiger partial charge < -0.3 is 0 Å². The van der Waals surface area contributed by atoms with Crippen molar-refractivity contribution in [1.29, 1.82) is 0 Å². The van der Waals surface area contributed by atoms with E-state index in [4.69, 9.17) is 0 Å². The highest BCUT2D eigenvalue weighted by Gasteiger charge is 2.02. The molecule has 1 rings (SSSR count). The molecule has 1 aliphatic carbocycles. The first-order valence-electron chi connectivity index (χ1n) is 5.37. The Balaban J connectivity index is 2.88. The van der Waals surface area contributed by atoms with E-state index in [1.807, 2.05) is 0 Å². The van der Waals surface area contributed by atoms with Crippen LogP contribution in [0.3, 0.4) is 0 Å². The summed E-state index contributed by atoms with van der Waals surface area (Å²) in [6.07, 6.45) is 13.1. The Morgan fingerprint density at radius 2 is 1.07 bits per heavy atom. The third-order valence-electron chi connectivity index (χ3n) is 2.49. The molecule has 0 nitrogen and oxygen atoms in total. The van der Waals surface area contributed by atoms with Crippen LogP contribution in [0.5, 0.6) is 0 Å². The lowest BCUT2D eigenvalue weighted by atomic mass is 9.96. The Hall–Kier alpha value is -1.04. The van der Waals surface area contributed by atoms with Crippen molar-refractivity contribution in [2.75, 3.05) is 0 Å². The predicted molar refractivity (Wildman–Crippen MR) is 64.1 cm³/mol. The minimum atomic E-state index is 0.599. The average Bonchev–Trinajstić information content (AvgIpc) is 2.01. The summed E-state index contributed by atoms with van der Waals surface area (Å²) >= 11 is 0. The third kappa shape index (κ3) is 3.02. The van der Waals surface area contributed by atoms with Gasteiger partial charge in [-0.2, -0.15) is 0 Å². The van der Waals surface area contributed by atoms with Crippen molar-refractivity contribution < 1.29 is 0 Å². The summed E-state index contributed by atoms with van der Waals surface area (Å²) in [5.74, 6) is 1.20. The summed E-state index contributed by atoms with van der Waals surface area (Å²) in [5.41, 5.74) is 2.79. The maximum absolute atomic E-state index is 2.24. The van der Waals surface area contributed by atoms with Gasteiger partial charge >= 0.3 is 0 Å². The van der Waals surface area contributed by atoms with Gasteiger partial charge in [-0.3, -0.25) is 0 Å². The second-order valence-corrected chi connectivity index (χ2v) is 4.36. The van der Waals surface area contributed by atoms with Gasteiger partial charge in [0.05, 0.1) is 0 Å². The summed E-state index contributed by atoms with van der Waals surface area (Å²) in [6.45, 7) is 8.91. The van der Waals surface area contributed by atoms with Crippen LogP contribution < -0.4 is 0 Å². The molecular formula is C14H20. The van der Waals surface area contributed by atoms with Gasteiger partial charge in [0, 0.05) is 0 Å². The zero-order chi connectivity index (χ0) is 10.6. The first kappa shape index (κ1) is 11.0. The van der Waals surface area contributed by atoms with E-state index in [9.17, 15) is 0 Å². The zero-order valence-corrected chi connectivity index (χ0v) is 9.62. The van der Waals surface area contributed by atoms with Crippen LogP contribution in [-0.2, 0) is 0 Å². The van der Waals surface area contributed by atoms with Gasteiger partial charge in [-0.1, -0.05) is 64.2 Å². The smallest absolute Gasteiger partial charge is 0.0219 e. The fraction of sp³-hybridized carbons (Fsp3) is 0.429. The minimum Gasteiger partial charge on any atom is -0.0620 e. The van der Waals surface area contributed by atoms with Crippen LogP contribution in [0.2, 0.25) is 0 Å². The zero-order valence-electron chi connectivity index (χ0n) is 9.62. The maximum Gasteiger partial charge on any atom is -0.0219 e. The van der Waals surface area contributed by atoms with Gasteiger partial charge in [0.2, 0.25) is 0 Å². The van der Waals surface area contributed by atoms with E-state index in [1.165, 1.54) is 11.1 Å². The Morgan fingerprint density at radius 1 is 0.714 bits per heavy atom. The number of rotatable bonds is 2. The van der Waals surface area contributed by atoms with Crippen molar-refractivity contribution in [2.45, 2.75) is 27.7 Å². The molecule has 0 bridgehead atoms. The fourth-order valence-electron chi connectivity index (χ4n) is 1.41. The quantitative estimate of drug-likeness (QED) is 0.607. The summed E-state index contributed by atoms with van der Waals surface area (Å²) in [5, 5.41) is 0. The molecule has 0 N–H and O–H groups in total. The maximum atomic E-state index is 2.24. The number of hydrogen-bond donors (Lipinski definition) is 0. The van der Waals surface area contributed by atoms with Crippen molar-refractivity contribution >= 4 is 0 Å². The van der Waals surface area contributed by atoms with Crippen LogP contribution >= 0.6 is 0 Å². The average molecular weight is 188 g/mol. The van der Waals surface area contributed by atoms with Crippen molar-refractivity contribution in [1.82, 2.24) is 0 Å². The van der Waals surface area contributed by atoms with Gasteiger partial charge in [0.25, 0.3) is 0 Å². The van der Waals surface area contributed by atoms with Gasteiger partial charge in [0.1, 0.15) is 0 Å². The first-order chi connectivity index (χ1) is 6.61. The molecule has 0 fully saturated rings. The molecule has 0 radical (unpaired) electrons. The molecule has 0 saturated carbocycles. The van der Waals surface area contributed by atoms with Gasteiger partial charge in [-0.25, -0.2) is 0 Å². The predicted octanol–water partition coefficient (Wildman–Crippen LogP) is 4.28. The molecule has 0 aromatic heterocycles. The summed E-state index contributed by atoms with van der Waals surface area (Å²) < 4.78 is 0. The van der Waals surface area contributed by atoms with E-state index in [-0.39, 0.29) is 0 Å². The molecule has 1 aliphatic rings. The van der Waals surface area contributed by atoms with Crippen molar-refractivity contribution in [3.05, 3.63) is 47.6 Å². The summed E-state index contributed by atoms with van der Waals surface area (Å²) in [6, 6.07) is 0. The lowest BCUT2D eigenvalue weighted by Crippen LogP contribution is -1.94. The molecule has 0 aliphatic heterocycles. The first-order valence-corrected chi connectivity index (χ1v) is 5.37. The van der Waals surface area contributed by atoms with Crippen molar-refractivity contribution in [3.63, 3.8) is 0 Å².